The monoisotopic (exact) mass is 426 g/mol. The molecule has 2 aromatic carbocycles. The van der Waals surface area contributed by atoms with Gasteiger partial charge in [-0.3, -0.25) is 9.59 Å². The first-order valence-electron chi connectivity index (χ1n) is 10.8. The number of amides is 1. The third kappa shape index (κ3) is 6.14. The van der Waals surface area contributed by atoms with Crippen LogP contribution < -0.4 is 10.2 Å². The summed E-state index contributed by atoms with van der Waals surface area (Å²) in [6.07, 6.45) is 0.356. The number of rotatable bonds is 7. The number of morpholine rings is 1. The predicted molar refractivity (Wildman–Crippen MR) is 120 cm³/mol. The Balaban J connectivity index is 1.51. The highest BCUT2D eigenvalue weighted by Crippen LogP contribution is 2.24. The van der Waals surface area contributed by atoms with Crippen LogP contribution in [0.5, 0.6) is 0 Å². The molecule has 166 valence electrons. The van der Waals surface area contributed by atoms with E-state index in [0.29, 0.717) is 29.9 Å². The molecular weight excluding hydrogens is 395 g/mol. The standard InChI is InChI=1S/C25H31FN2O3/c1-16-5-6-17(2)21(11-16)24(29)9-10-25(30)27-13-20-7-8-23(22(26)12-20)28-14-18(3)31-19(4)15-28/h5-8,11-12,18-19H,9-10,13-15H2,1-4H3,(H,27,30). The molecule has 5 nitrogen and oxygen atoms in total. The molecule has 0 spiro atoms. The van der Waals surface area contributed by atoms with Gasteiger partial charge in [-0.1, -0.05) is 23.8 Å². The molecule has 0 bridgehead atoms. The average molecular weight is 427 g/mol. The Hall–Kier alpha value is -2.73. The lowest BCUT2D eigenvalue weighted by molar-refractivity contribution is -0.121. The normalized spacial score (nSPS) is 18.7. The van der Waals surface area contributed by atoms with Gasteiger partial charge in [0.1, 0.15) is 5.82 Å². The van der Waals surface area contributed by atoms with Crippen LogP contribution >= 0.6 is 0 Å². The second kappa shape index (κ2) is 10.1. The lowest BCUT2D eigenvalue weighted by Crippen LogP contribution is -2.45. The lowest BCUT2D eigenvalue weighted by atomic mass is 9.99. The fourth-order valence-corrected chi connectivity index (χ4v) is 3.98. The molecule has 0 radical (unpaired) electrons. The fourth-order valence-electron chi connectivity index (χ4n) is 3.98. The third-order valence-corrected chi connectivity index (χ3v) is 5.53. The number of Topliss-reactive ketones (excluding diaryl/α,β-unsaturated/α-hetero) is 1. The van der Waals surface area contributed by atoms with Crippen molar-refractivity contribution in [1.29, 1.82) is 0 Å². The molecule has 6 heteroatoms. The van der Waals surface area contributed by atoms with E-state index < -0.39 is 0 Å². The van der Waals surface area contributed by atoms with Crippen LogP contribution in [0.1, 0.15) is 53.7 Å². The number of hydrogen-bond acceptors (Lipinski definition) is 4. The van der Waals surface area contributed by atoms with Crippen molar-refractivity contribution in [2.45, 2.75) is 59.3 Å². The van der Waals surface area contributed by atoms with E-state index in [9.17, 15) is 14.0 Å². The summed E-state index contributed by atoms with van der Waals surface area (Å²) in [4.78, 5) is 26.6. The van der Waals surface area contributed by atoms with E-state index >= 15 is 0 Å². The molecule has 1 amide bonds. The molecule has 0 aliphatic carbocycles. The second-order valence-electron chi connectivity index (χ2n) is 8.47. The molecule has 1 N–H and O–H groups in total. The van der Waals surface area contributed by atoms with Crippen molar-refractivity contribution < 1.29 is 18.7 Å². The number of benzene rings is 2. The highest BCUT2D eigenvalue weighted by atomic mass is 19.1. The van der Waals surface area contributed by atoms with Gasteiger partial charge in [0.05, 0.1) is 17.9 Å². The largest absolute Gasteiger partial charge is 0.372 e. The van der Waals surface area contributed by atoms with Gasteiger partial charge in [0, 0.05) is 38.0 Å². The van der Waals surface area contributed by atoms with E-state index in [1.807, 2.05) is 56.9 Å². The Labute approximate surface area is 183 Å². The number of halogens is 1. The summed E-state index contributed by atoms with van der Waals surface area (Å²) in [5.74, 6) is -0.571. The van der Waals surface area contributed by atoms with Gasteiger partial charge in [0.25, 0.3) is 0 Å². The van der Waals surface area contributed by atoms with Crippen molar-refractivity contribution in [1.82, 2.24) is 5.32 Å². The second-order valence-corrected chi connectivity index (χ2v) is 8.47. The van der Waals surface area contributed by atoms with Crippen molar-refractivity contribution >= 4 is 17.4 Å². The van der Waals surface area contributed by atoms with Gasteiger partial charge in [-0.25, -0.2) is 4.39 Å². The zero-order valence-corrected chi connectivity index (χ0v) is 18.7. The van der Waals surface area contributed by atoms with Crippen LogP contribution in [0.25, 0.3) is 0 Å². The lowest BCUT2D eigenvalue weighted by Gasteiger charge is -2.37. The predicted octanol–water partition coefficient (Wildman–Crippen LogP) is 4.34. The topological polar surface area (TPSA) is 58.6 Å². The van der Waals surface area contributed by atoms with E-state index in [-0.39, 0.29) is 49.1 Å². The quantitative estimate of drug-likeness (QED) is 0.670. The van der Waals surface area contributed by atoms with Crippen LogP contribution in [0.3, 0.4) is 0 Å². The SMILES string of the molecule is Cc1ccc(C)c(C(=O)CCC(=O)NCc2ccc(N3CC(C)OC(C)C3)c(F)c2)c1. The molecule has 2 unspecified atom stereocenters. The number of ether oxygens (including phenoxy) is 1. The Kier molecular flexibility index (Phi) is 7.44. The molecular formula is C25H31FN2O3. The van der Waals surface area contributed by atoms with Crippen molar-refractivity contribution in [3.05, 3.63) is 64.5 Å². The zero-order valence-electron chi connectivity index (χ0n) is 18.7. The van der Waals surface area contributed by atoms with Gasteiger partial charge in [0.15, 0.2) is 5.78 Å². The van der Waals surface area contributed by atoms with E-state index in [2.05, 4.69) is 5.32 Å². The minimum atomic E-state index is -0.307. The van der Waals surface area contributed by atoms with Crippen molar-refractivity contribution in [2.24, 2.45) is 0 Å². The number of hydrogen-bond donors (Lipinski definition) is 1. The van der Waals surface area contributed by atoms with Crippen LogP contribution in [0.15, 0.2) is 36.4 Å². The first-order chi connectivity index (χ1) is 14.7. The van der Waals surface area contributed by atoms with Crippen LogP contribution in [0.4, 0.5) is 10.1 Å². The van der Waals surface area contributed by atoms with E-state index in [1.54, 1.807) is 6.07 Å². The van der Waals surface area contributed by atoms with Gasteiger partial charge in [-0.05, 0) is 57.0 Å². The third-order valence-electron chi connectivity index (χ3n) is 5.53. The minimum Gasteiger partial charge on any atom is -0.372 e. The number of anilines is 1. The minimum absolute atomic E-state index is 0.0410. The molecule has 0 saturated carbocycles. The summed E-state index contributed by atoms with van der Waals surface area (Å²) in [5, 5.41) is 2.78. The molecule has 0 aromatic heterocycles. The van der Waals surface area contributed by atoms with E-state index in [0.717, 1.165) is 11.1 Å². The first-order valence-corrected chi connectivity index (χ1v) is 10.8. The Morgan fingerprint density at radius 1 is 1.06 bits per heavy atom. The summed E-state index contributed by atoms with van der Waals surface area (Å²) in [7, 11) is 0. The summed E-state index contributed by atoms with van der Waals surface area (Å²) in [6, 6.07) is 10.8. The summed E-state index contributed by atoms with van der Waals surface area (Å²) < 4.78 is 20.4. The van der Waals surface area contributed by atoms with Crippen molar-refractivity contribution in [2.75, 3.05) is 18.0 Å². The number of ketones is 1. The summed E-state index contributed by atoms with van der Waals surface area (Å²) in [6.45, 7) is 9.31. The Morgan fingerprint density at radius 2 is 1.77 bits per heavy atom. The fraction of sp³-hybridized carbons (Fsp3) is 0.440. The van der Waals surface area contributed by atoms with Gasteiger partial charge >= 0.3 is 0 Å². The average Bonchev–Trinajstić information content (AvgIpc) is 2.71. The number of aryl methyl sites for hydroxylation is 2. The van der Waals surface area contributed by atoms with Gasteiger partial charge < -0.3 is 15.0 Å². The van der Waals surface area contributed by atoms with E-state index in [4.69, 9.17) is 4.74 Å². The molecule has 2 atom stereocenters. The van der Waals surface area contributed by atoms with Gasteiger partial charge in [-0.2, -0.15) is 0 Å². The molecule has 3 rings (SSSR count). The Morgan fingerprint density at radius 3 is 2.45 bits per heavy atom. The van der Waals surface area contributed by atoms with Crippen LogP contribution in [0, 0.1) is 19.7 Å². The highest BCUT2D eigenvalue weighted by molar-refractivity contribution is 5.99. The van der Waals surface area contributed by atoms with Crippen molar-refractivity contribution in [3.8, 4) is 0 Å². The molecule has 31 heavy (non-hydrogen) atoms. The zero-order chi connectivity index (χ0) is 22.5. The molecule has 1 saturated heterocycles. The van der Waals surface area contributed by atoms with Crippen molar-refractivity contribution in [3.63, 3.8) is 0 Å². The summed E-state index contributed by atoms with van der Waals surface area (Å²) >= 11 is 0. The summed E-state index contributed by atoms with van der Waals surface area (Å²) in [5.41, 5.74) is 3.83. The number of carbonyl (C=O) groups is 2. The van der Waals surface area contributed by atoms with Gasteiger partial charge in [0.2, 0.25) is 5.91 Å². The van der Waals surface area contributed by atoms with Crippen LogP contribution in [-0.4, -0.2) is 37.0 Å². The number of nitrogens with zero attached hydrogens (tertiary/aromatic N) is 1. The maximum absolute atomic E-state index is 14.7. The molecule has 2 aromatic rings. The smallest absolute Gasteiger partial charge is 0.220 e. The Bertz CT molecular complexity index is 950. The van der Waals surface area contributed by atoms with Crippen LogP contribution in [-0.2, 0) is 16.1 Å². The molecule has 1 fully saturated rings. The van der Waals surface area contributed by atoms with E-state index in [1.165, 1.54) is 6.07 Å². The number of nitrogens with one attached hydrogen (secondary N) is 1. The molecule has 1 heterocycles. The maximum atomic E-state index is 14.7. The number of carbonyl (C=O) groups excluding carboxylic acids is 2. The first kappa shape index (κ1) is 22.9. The van der Waals surface area contributed by atoms with Gasteiger partial charge in [-0.15, -0.1) is 0 Å². The molecule has 1 aliphatic heterocycles. The maximum Gasteiger partial charge on any atom is 0.220 e. The van der Waals surface area contributed by atoms with Crippen LogP contribution in [0.2, 0.25) is 0 Å². The highest BCUT2D eigenvalue weighted by Gasteiger charge is 2.24. The molecule has 1 aliphatic rings.